The van der Waals surface area contributed by atoms with Crippen LogP contribution in [0.4, 0.5) is 0 Å². The van der Waals surface area contributed by atoms with Crippen LogP contribution in [0, 0.1) is 0 Å². The number of hydrogen-bond acceptors (Lipinski definition) is 3. The monoisotopic (exact) mass is 414 g/mol. The van der Waals surface area contributed by atoms with Crippen molar-refractivity contribution >= 4 is 11.6 Å². The molecule has 158 valence electrons. The van der Waals surface area contributed by atoms with Crippen molar-refractivity contribution in [2.45, 2.75) is 26.0 Å². The van der Waals surface area contributed by atoms with E-state index in [4.69, 9.17) is 4.74 Å². The van der Waals surface area contributed by atoms with Crippen molar-refractivity contribution in [3.8, 4) is 5.75 Å². The van der Waals surface area contributed by atoms with Crippen LogP contribution in [0.1, 0.15) is 34.3 Å². The second kappa shape index (κ2) is 10.5. The third-order valence-electron chi connectivity index (χ3n) is 5.51. The highest BCUT2D eigenvalue weighted by molar-refractivity contribution is 5.95. The van der Waals surface area contributed by atoms with Crippen molar-refractivity contribution < 1.29 is 14.4 Å². The Morgan fingerprint density at radius 3 is 2.16 bits per heavy atom. The van der Waals surface area contributed by atoms with Gasteiger partial charge in [-0.25, -0.2) is 5.43 Å². The van der Waals surface area contributed by atoms with Crippen molar-refractivity contribution in [1.82, 2.24) is 5.43 Å². The normalized spacial score (nSPS) is 15.9. The number of carbonyl (C=O) groups excluding carboxylic acids is 1. The highest BCUT2D eigenvalue weighted by Gasteiger charge is 2.19. The van der Waals surface area contributed by atoms with E-state index in [0.29, 0.717) is 12.2 Å². The molecule has 5 nitrogen and oxygen atoms in total. The summed E-state index contributed by atoms with van der Waals surface area (Å²) in [6, 6.07) is 27.7. The Hall–Kier alpha value is -3.44. The van der Waals surface area contributed by atoms with Gasteiger partial charge in [-0.15, -0.1) is 0 Å². The summed E-state index contributed by atoms with van der Waals surface area (Å²) in [4.78, 5) is 14.0. The molecular formula is C26H28N3O2+. The Bertz CT molecular complexity index is 992. The molecule has 0 aliphatic carbocycles. The van der Waals surface area contributed by atoms with Gasteiger partial charge in [-0.2, -0.15) is 5.10 Å². The maximum atomic E-state index is 12.4. The molecule has 1 aliphatic rings. The lowest BCUT2D eigenvalue weighted by atomic mass is 10.1. The summed E-state index contributed by atoms with van der Waals surface area (Å²) in [5, 5.41) is 4.38. The van der Waals surface area contributed by atoms with Crippen LogP contribution >= 0.6 is 0 Å². The van der Waals surface area contributed by atoms with Gasteiger partial charge in [0, 0.05) is 29.7 Å². The highest BCUT2D eigenvalue weighted by atomic mass is 16.5. The second-order valence-electron chi connectivity index (χ2n) is 7.83. The molecule has 0 aromatic heterocycles. The summed E-state index contributed by atoms with van der Waals surface area (Å²) in [5.41, 5.74) is 6.76. The molecule has 0 unspecified atom stereocenters. The molecule has 0 saturated carbocycles. The Kier molecular flexibility index (Phi) is 7.08. The largest absolute Gasteiger partial charge is 0.489 e. The van der Waals surface area contributed by atoms with Crippen LogP contribution in [0.2, 0.25) is 0 Å². The number of hydrogen-bond donors (Lipinski definition) is 2. The van der Waals surface area contributed by atoms with Crippen LogP contribution in [-0.4, -0.2) is 24.7 Å². The minimum absolute atomic E-state index is 0.179. The summed E-state index contributed by atoms with van der Waals surface area (Å²) in [6.07, 6.45) is 1.83. The van der Waals surface area contributed by atoms with Gasteiger partial charge in [-0.1, -0.05) is 60.7 Å². The van der Waals surface area contributed by atoms with Gasteiger partial charge >= 0.3 is 0 Å². The van der Waals surface area contributed by atoms with Gasteiger partial charge in [0.1, 0.15) is 18.9 Å². The number of hydrazone groups is 1. The molecule has 2 N–H and O–H groups in total. The van der Waals surface area contributed by atoms with E-state index >= 15 is 0 Å². The summed E-state index contributed by atoms with van der Waals surface area (Å²) < 4.78 is 5.74. The van der Waals surface area contributed by atoms with E-state index in [0.717, 1.165) is 49.5 Å². The molecule has 4 rings (SSSR count). The summed E-state index contributed by atoms with van der Waals surface area (Å²) in [5.74, 6) is 0.652. The molecule has 0 atom stereocenters. The Morgan fingerprint density at radius 1 is 0.839 bits per heavy atom. The molecule has 5 heteroatoms. The number of nitrogens with one attached hydrogen (secondary N) is 2. The maximum Gasteiger partial charge on any atom is 0.271 e. The highest BCUT2D eigenvalue weighted by Crippen LogP contribution is 2.12. The fourth-order valence-electron chi connectivity index (χ4n) is 3.70. The van der Waals surface area contributed by atoms with E-state index < -0.39 is 0 Å². The fraction of sp³-hybridized carbons (Fsp3) is 0.231. The average Bonchev–Trinajstić information content (AvgIpc) is 2.84. The van der Waals surface area contributed by atoms with Crippen LogP contribution < -0.4 is 15.1 Å². The Labute approximate surface area is 183 Å². The van der Waals surface area contributed by atoms with Gasteiger partial charge < -0.3 is 9.64 Å². The number of benzene rings is 3. The van der Waals surface area contributed by atoms with Gasteiger partial charge in [-0.05, 0) is 29.8 Å². The predicted octanol–water partition coefficient (Wildman–Crippen LogP) is 3.23. The van der Waals surface area contributed by atoms with E-state index in [9.17, 15) is 4.79 Å². The van der Waals surface area contributed by atoms with Crippen LogP contribution in [0.15, 0.2) is 90.0 Å². The van der Waals surface area contributed by atoms with Crippen LogP contribution in [0.25, 0.3) is 0 Å². The lowest BCUT2D eigenvalue weighted by Crippen LogP contribution is -3.11. The molecule has 0 spiro atoms. The quantitative estimate of drug-likeness (QED) is 0.583. The Morgan fingerprint density at radius 2 is 1.48 bits per heavy atom. The minimum atomic E-state index is -0.179. The summed E-state index contributed by atoms with van der Waals surface area (Å²) in [6.45, 7) is 3.59. The van der Waals surface area contributed by atoms with Crippen LogP contribution in [0.3, 0.4) is 0 Å². The standard InChI is InChI=1S/C26H27N3O2/c30-26(23-13-11-22(12-14-23)20-31-25-9-5-2-6-10-25)28-27-24-15-17-29(18-16-24)19-21-7-3-1-4-8-21/h1-14H,15-20H2,(H,28,30)/p+1. The van der Waals surface area contributed by atoms with Crippen LogP contribution in [-0.2, 0) is 13.2 Å². The van der Waals surface area contributed by atoms with Crippen molar-refractivity contribution in [2.24, 2.45) is 5.10 Å². The lowest BCUT2D eigenvalue weighted by Gasteiger charge is -2.24. The van der Waals surface area contributed by atoms with Crippen molar-refractivity contribution in [2.75, 3.05) is 13.1 Å². The molecule has 3 aromatic rings. The van der Waals surface area contributed by atoms with Gasteiger partial charge in [0.25, 0.3) is 5.91 Å². The first-order chi connectivity index (χ1) is 15.3. The third kappa shape index (κ3) is 6.27. The summed E-state index contributed by atoms with van der Waals surface area (Å²) >= 11 is 0. The van der Waals surface area contributed by atoms with E-state index in [1.807, 2.05) is 54.6 Å². The molecule has 0 bridgehead atoms. The number of rotatable bonds is 7. The number of quaternary nitrogens is 1. The molecular weight excluding hydrogens is 386 g/mol. The van der Waals surface area contributed by atoms with Crippen molar-refractivity contribution in [3.05, 3.63) is 102 Å². The SMILES string of the molecule is O=C(NN=C1CC[NH+](Cc2ccccc2)CC1)c1ccc(COc2ccccc2)cc1. The molecule has 1 fully saturated rings. The first-order valence-electron chi connectivity index (χ1n) is 10.8. The van der Waals surface area contributed by atoms with Gasteiger partial charge in [0.2, 0.25) is 0 Å². The first-order valence-corrected chi connectivity index (χ1v) is 10.8. The van der Waals surface area contributed by atoms with E-state index in [1.54, 1.807) is 4.90 Å². The number of ether oxygens (including phenoxy) is 1. The molecule has 3 aromatic carbocycles. The van der Waals surface area contributed by atoms with Gasteiger partial charge in [0.05, 0.1) is 13.1 Å². The van der Waals surface area contributed by atoms with Gasteiger partial charge in [-0.3, -0.25) is 4.79 Å². The number of likely N-dealkylation sites (tertiary alicyclic amines) is 1. The van der Waals surface area contributed by atoms with Crippen molar-refractivity contribution in [3.63, 3.8) is 0 Å². The zero-order chi connectivity index (χ0) is 21.3. The molecule has 1 heterocycles. The minimum Gasteiger partial charge on any atom is -0.489 e. The van der Waals surface area contributed by atoms with E-state index in [2.05, 4.69) is 40.9 Å². The van der Waals surface area contributed by atoms with E-state index in [-0.39, 0.29) is 5.91 Å². The second-order valence-corrected chi connectivity index (χ2v) is 7.83. The van der Waals surface area contributed by atoms with E-state index in [1.165, 1.54) is 5.56 Å². The number of amides is 1. The smallest absolute Gasteiger partial charge is 0.271 e. The Balaban J connectivity index is 1.22. The zero-order valence-electron chi connectivity index (χ0n) is 17.6. The molecule has 1 amide bonds. The number of nitrogens with zero attached hydrogens (tertiary/aromatic N) is 1. The van der Waals surface area contributed by atoms with Crippen molar-refractivity contribution in [1.29, 1.82) is 0 Å². The molecule has 1 saturated heterocycles. The van der Waals surface area contributed by atoms with Crippen LogP contribution in [0.5, 0.6) is 5.75 Å². The summed E-state index contributed by atoms with van der Waals surface area (Å²) in [7, 11) is 0. The molecule has 31 heavy (non-hydrogen) atoms. The number of piperidine rings is 1. The molecule has 1 aliphatic heterocycles. The topological polar surface area (TPSA) is 55.1 Å². The van der Waals surface area contributed by atoms with Gasteiger partial charge in [0.15, 0.2) is 0 Å². The molecule has 0 radical (unpaired) electrons. The average molecular weight is 415 g/mol. The predicted molar refractivity (Wildman–Crippen MR) is 122 cm³/mol. The number of para-hydroxylation sites is 1. The number of carbonyl (C=O) groups is 1. The third-order valence-corrected chi connectivity index (χ3v) is 5.51. The lowest BCUT2D eigenvalue weighted by molar-refractivity contribution is -0.914. The zero-order valence-corrected chi connectivity index (χ0v) is 17.6. The fourth-order valence-corrected chi connectivity index (χ4v) is 3.70. The maximum absolute atomic E-state index is 12.4. The first kappa shape index (κ1) is 20.8.